The van der Waals surface area contributed by atoms with E-state index in [1.807, 2.05) is 0 Å². The summed E-state index contributed by atoms with van der Waals surface area (Å²) in [5, 5.41) is 0. The molecule has 0 aromatic rings. The van der Waals surface area contributed by atoms with Gasteiger partial charge in [0.05, 0.1) is 0 Å². The van der Waals surface area contributed by atoms with Gasteiger partial charge in [-0.2, -0.15) is 0 Å². The van der Waals surface area contributed by atoms with E-state index in [0.29, 0.717) is 0 Å². The first-order valence-corrected chi connectivity index (χ1v) is 0. The van der Waals surface area contributed by atoms with Gasteiger partial charge in [-0.15, -0.1) is 0 Å². The molecule has 0 unspecified atom stereocenters. The molecule has 1 nitrogen and oxygen atoms in total. The molecule has 0 aliphatic rings. The summed E-state index contributed by atoms with van der Waals surface area (Å²) >= 11 is 0. The van der Waals surface area contributed by atoms with Gasteiger partial charge in [0.25, 0.3) is 0 Å². The van der Waals surface area contributed by atoms with Crippen LogP contribution in [0.5, 0.6) is 0 Å². The molecule has 0 fully saturated rings. The van der Waals surface area contributed by atoms with Crippen molar-refractivity contribution in [1.29, 1.82) is 0 Å². The third-order valence-corrected chi connectivity index (χ3v) is 0. The molecule has 0 rings (SSSR count). The first-order chi connectivity index (χ1) is 0. The van der Waals surface area contributed by atoms with E-state index in [0.717, 1.165) is 0 Å². The predicted molar refractivity (Wildman–Crippen MR) is 3.61 cm³/mol. The van der Waals surface area contributed by atoms with Crippen LogP contribution >= 0.6 is 0 Å². The molecule has 0 heterocycles. The fourth-order valence-corrected chi connectivity index (χ4v) is 0. The van der Waals surface area contributed by atoms with Crippen molar-refractivity contribution in [3.63, 3.8) is 0 Å². The van der Waals surface area contributed by atoms with Gasteiger partial charge >= 0.3 is 0 Å². The first-order valence-electron chi connectivity index (χ1n) is 0. The van der Waals surface area contributed by atoms with Crippen molar-refractivity contribution >= 4 is 0 Å². The van der Waals surface area contributed by atoms with Gasteiger partial charge in [-0.1, -0.05) is 0 Å². The normalized spacial score (nSPS) is 0. The smallest absolute Gasteiger partial charge is 0 e. The van der Waals surface area contributed by atoms with Crippen molar-refractivity contribution in [2.75, 3.05) is 0 Å². The first kappa shape index (κ1) is 35.9. The Bertz CT molecular complexity index is 8.00. The van der Waals surface area contributed by atoms with Gasteiger partial charge in [-0.25, -0.2) is 0 Å². The molecule has 0 aromatic carbocycles. The van der Waals surface area contributed by atoms with Crippen LogP contribution in [0.3, 0.4) is 0 Å². The molecule has 0 aromatic heterocycles. The summed E-state index contributed by atoms with van der Waals surface area (Å²) in [5.74, 6) is 0. The number of hydrogen-bond donors (Lipinski definition) is 0. The van der Waals surface area contributed by atoms with Crippen LogP contribution in [0.2, 0.25) is 0 Å². The van der Waals surface area contributed by atoms with Crippen LogP contribution in [0.1, 0.15) is 0 Å². The zero-order valence-corrected chi connectivity index (χ0v) is 8.55. The maximum absolute atomic E-state index is 0. The molecule has 0 saturated carbocycles. The molecular formula is H2NbOTiW. The minimum Gasteiger partial charge on any atom is -0.412 e. The Morgan fingerprint density at radius 3 is 1.00 bits per heavy atom. The summed E-state index contributed by atoms with van der Waals surface area (Å²) in [4.78, 5) is 0. The van der Waals surface area contributed by atoms with Gasteiger partial charge in [-0.05, 0) is 0 Å². The summed E-state index contributed by atoms with van der Waals surface area (Å²) in [7, 11) is 0. The SMILES string of the molecule is O.[Nb].[Ti].[W]. The van der Waals surface area contributed by atoms with Crippen LogP contribution in [-0.4, -0.2) is 5.48 Å². The minimum absolute atomic E-state index is 0. The molecule has 0 bridgehead atoms. The Morgan fingerprint density at radius 1 is 1.00 bits per heavy atom. The molecule has 0 aliphatic carbocycles. The minimum atomic E-state index is 0. The van der Waals surface area contributed by atoms with Crippen molar-refractivity contribution in [2.24, 2.45) is 0 Å². The molecule has 0 spiro atoms. The molecule has 1 radical (unpaired) electrons. The molecule has 0 aliphatic heterocycles. The summed E-state index contributed by atoms with van der Waals surface area (Å²) in [5.41, 5.74) is 0. The van der Waals surface area contributed by atoms with Crippen LogP contribution < -0.4 is 0 Å². The molecule has 0 atom stereocenters. The van der Waals surface area contributed by atoms with Gasteiger partial charge in [0.15, 0.2) is 0 Å². The van der Waals surface area contributed by atoms with Crippen molar-refractivity contribution in [1.82, 2.24) is 0 Å². The maximum Gasteiger partial charge on any atom is 0 e. The Balaban J connectivity index is 0. The second kappa shape index (κ2) is 19.4. The van der Waals surface area contributed by atoms with Gasteiger partial charge in [-0.3, -0.25) is 0 Å². The van der Waals surface area contributed by atoms with E-state index in [2.05, 4.69) is 0 Å². The van der Waals surface area contributed by atoms with Crippen molar-refractivity contribution in [2.45, 2.75) is 0 Å². The largest absolute Gasteiger partial charge is 0.412 e. The molecule has 4 heteroatoms. The van der Waals surface area contributed by atoms with Gasteiger partial charge in [0.1, 0.15) is 0 Å². The maximum atomic E-state index is 0. The van der Waals surface area contributed by atoms with E-state index in [-0.39, 0.29) is 70.6 Å². The molecule has 0 saturated heterocycles. The summed E-state index contributed by atoms with van der Waals surface area (Å²) in [6.45, 7) is 0. The van der Waals surface area contributed by atoms with Crippen LogP contribution in [0.25, 0.3) is 0 Å². The summed E-state index contributed by atoms with van der Waals surface area (Å²) < 4.78 is 0. The average Bonchev–Trinajstić information content (AvgIpc) is 0. The van der Waals surface area contributed by atoms with Crippen LogP contribution in [-0.2, 0) is 65.2 Å². The van der Waals surface area contributed by atoms with Crippen LogP contribution in [0, 0.1) is 0 Å². The third-order valence-electron chi connectivity index (χ3n) is 0. The quantitative estimate of drug-likeness (QED) is 0.515. The standard InChI is InChI=1S/Nb.H2O.Ti.W/h;1H2;;. The van der Waals surface area contributed by atoms with E-state index in [4.69, 9.17) is 0 Å². The molecular weight excluding hydrogens is 341 g/mol. The summed E-state index contributed by atoms with van der Waals surface area (Å²) in [6.07, 6.45) is 0. The zero-order valence-electron chi connectivity index (χ0n) is 1.86. The topological polar surface area (TPSA) is 31.5 Å². The predicted octanol–water partition coefficient (Wildman–Crippen LogP) is -0.832. The van der Waals surface area contributed by atoms with Gasteiger partial charge in [0.2, 0.25) is 0 Å². The molecule has 23 valence electrons. The fraction of sp³-hybridized carbons (Fsp3) is 0. The van der Waals surface area contributed by atoms with Crippen molar-refractivity contribution in [3.8, 4) is 0 Å². The molecule has 0 amide bonds. The zero-order chi connectivity index (χ0) is 0. The Morgan fingerprint density at radius 2 is 1.00 bits per heavy atom. The molecule has 4 heavy (non-hydrogen) atoms. The van der Waals surface area contributed by atoms with Crippen LogP contribution in [0.15, 0.2) is 0 Å². The van der Waals surface area contributed by atoms with Crippen LogP contribution in [0.4, 0.5) is 0 Å². The van der Waals surface area contributed by atoms with E-state index in [9.17, 15) is 0 Å². The Hall–Kier alpha value is 2.10. The second-order valence-electron chi connectivity index (χ2n) is 0. The number of hydrogen-bond acceptors (Lipinski definition) is 0. The second-order valence-corrected chi connectivity index (χ2v) is 0. The molecule has 2 N–H and O–H groups in total. The Kier molecular flexibility index (Phi) is 175. The number of rotatable bonds is 0. The van der Waals surface area contributed by atoms with E-state index in [1.54, 1.807) is 0 Å². The third kappa shape index (κ3) is 8.93. The monoisotopic (exact) mass is 343 g/mol. The Labute approximate surface area is 69.9 Å². The fourth-order valence-electron chi connectivity index (χ4n) is 0. The van der Waals surface area contributed by atoms with E-state index >= 15 is 0 Å². The van der Waals surface area contributed by atoms with Crippen molar-refractivity contribution < 1.29 is 70.6 Å². The average molecular weight is 343 g/mol. The van der Waals surface area contributed by atoms with Gasteiger partial charge in [0, 0.05) is 65.2 Å². The van der Waals surface area contributed by atoms with E-state index in [1.165, 1.54) is 0 Å². The van der Waals surface area contributed by atoms with Gasteiger partial charge < -0.3 is 5.48 Å². The summed E-state index contributed by atoms with van der Waals surface area (Å²) in [6, 6.07) is 0. The van der Waals surface area contributed by atoms with E-state index < -0.39 is 0 Å². The van der Waals surface area contributed by atoms with Crippen molar-refractivity contribution in [3.05, 3.63) is 0 Å².